The molecular weight excluding hydrogens is 249 g/mol. The molecule has 0 radical (unpaired) electrons. The third kappa shape index (κ3) is 3.28. The molecule has 2 rings (SSSR count). The summed E-state index contributed by atoms with van der Waals surface area (Å²) in [5.41, 5.74) is 1.49. The van der Waals surface area contributed by atoms with Crippen LogP contribution in [-0.2, 0) is 6.61 Å². The van der Waals surface area contributed by atoms with Crippen LogP contribution in [0.25, 0.3) is 0 Å². The maximum atomic E-state index is 12.7. The van der Waals surface area contributed by atoms with Gasteiger partial charge in [-0.05, 0) is 36.2 Å². The molecule has 4 nitrogen and oxygen atoms in total. The summed E-state index contributed by atoms with van der Waals surface area (Å²) in [5.74, 6) is -0.866. The quantitative estimate of drug-likeness (QED) is 0.919. The molecule has 0 aliphatic carbocycles. The summed E-state index contributed by atoms with van der Waals surface area (Å²) in [4.78, 5) is 14.5. The number of hydrogen-bond donors (Lipinski definition) is 1. The Labute approximate surface area is 109 Å². The van der Waals surface area contributed by atoms with Crippen LogP contribution in [0.4, 0.5) is 4.39 Å². The summed E-state index contributed by atoms with van der Waals surface area (Å²) >= 11 is 0. The predicted molar refractivity (Wildman–Crippen MR) is 66.7 cm³/mol. The van der Waals surface area contributed by atoms with E-state index >= 15 is 0 Å². The van der Waals surface area contributed by atoms with Crippen molar-refractivity contribution in [1.29, 1.82) is 0 Å². The number of carboxylic acids is 1. The fraction of sp³-hybridized carbons (Fsp3) is 0.143. The molecule has 5 heteroatoms. The number of nitrogens with zero attached hydrogens (tertiary/aromatic N) is 1. The van der Waals surface area contributed by atoms with E-state index in [9.17, 15) is 9.18 Å². The van der Waals surface area contributed by atoms with Crippen LogP contribution < -0.4 is 4.74 Å². The molecule has 0 amide bonds. The molecule has 1 heterocycles. The van der Waals surface area contributed by atoms with Gasteiger partial charge in [0, 0.05) is 0 Å². The number of carboxylic acid groups (broad SMARTS) is 1. The molecule has 19 heavy (non-hydrogen) atoms. The van der Waals surface area contributed by atoms with Gasteiger partial charge in [0.1, 0.15) is 23.9 Å². The average molecular weight is 261 g/mol. The van der Waals surface area contributed by atoms with E-state index in [1.54, 1.807) is 19.1 Å². The zero-order chi connectivity index (χ0) is 13.8. The van der Waals surface area contributed by atoms with Gasteiger partial charge in [-0.25, -0.2) is 14.2 Å². The molecule has 0 bridgehead atoms. The Hall–Kier alpha value is -2.43. The van der Waals surface area contributed by atoms with E-state index in [4.69, 9.17) is 9.84 Å². The number of ether oxygens (including phenoxy) is 1. The lowest BCUT2D eigenvalue weighted by Gasteiger charge is -2.09. The minimum Gasteiger partial charge on any atom is -0.487 e. The maximum absolute atomic E-state index is 12.7. The molecule has 0 fully saturated rings. The van der Waals surface area contributed by atoms with Crippen molar-refractivity contribution in [3.8, 4) is 5.75 Å². The number of aromatic carboxylic acids is 1. The third-order valence-corrected chi connectivity index (χ3v) is 2.59. The largest absolute Gasteiger partial charge is 0.487 e. The lowest BCUT2D eigenvalue weighted by Crippen LogP contribution is -2.03. The van der Waals surface area contributed by atoms with Crippen molar-refractivity contribution in [2.75, 3.05) is 0 Å². The second kappa shape index (κ2) is 5.48. The van der Waals surface area contributed by atoms with Gasteiger partial charge in [0.05, 0.1) is 6.20 Å². The molecule has 2 aromatic rings. The van der Waals surface area contributed by atoms with Crippen molar-refractivity contribution in [1.82, 2.24) is 4.98 Å². The molecular formula is C14H12FNO3. The van der Waals surface area contributed by atoms with Crippen LogP contribution in [-0.4, -0.2) is 16.1 Å². The molecule has 0 aliphatic heterocycles. The summed E-state index contributed by atoms with van der Waals surface area (Å²) in [5, 5.41) is 8.80. The first-order chi connectivity index (χ1) is 9.06. The number of halogens is 1. The highest BCUT2D eigenvalue weighted by atomic mass is 19.1. The van der Waals surface area contributed by atoms with Crippen molar-refractivity contribution in [2.24, 2.45) is 0 Å². The van der Waals surface area contributed by atoms with Gasteiger partial charge >= 0.3 is 5.97 Å². The fourth-order valence-electron chi connectivity index (χ4n) is 1.55. The number of aryl methyl sites for hydroxylation is 1. The van der Waals surface area contributed by atoms with E-state index in [0.717, 1.165) is 5.56 Å². The van der Waals surface area contributed by atoms with Crippen LogP contribution in [0, 0.1) is 12.7 Å². The van der Waals surface area contributed by atoms with E-state index in [0.29, 0.717) is 11.3 Å². The summed E-state index contributed by atoms with van der Waals surface area (Å²) in [6, 6.07) is 7.42. The first kappa shape index (κ1) is 13.0. The Morgan fingerprint density at radius 2 is 2.05 bits per heavy atom. The maximum Gasteiger partial charge on any atom is 0.354 e. The van der Waals surface area contributed by atoms with Gasteiger partial charge in [-0.1, -0.05) is 12.1 Å². The van der Waals surface area contributed by atoms with Gasteiger partial charge in [0.15, 0.2) is 0 Å². The van der Waals surface area contributed by atoms with Gasteiger partial charge in [-0.15, -0.1) is 0 Å². The Morgan fingerprint density at radius 3 is 2.63 bits per heavy atom. The zero-order valence-corrected chi connectivity index (χ0v) is 10.3. The lowest BCUT2D eigenvalue weighted by molar-refractivity contribution is 0.0690. The molecule has 0 spiro atoms. The van der Waals surface area contributed by atoms with E-state index in [2.05, 4.69) is 4.98 Å². The van der Waals surface area contributed by atoms with Crippen molar-refractivity contribution in [2.45, 2.75) is 13.5 Å². The van der Waals surface area contributed by atoms with E-state index in [1.807, 2.05) is 0 Å². The van der Waals surface area contributed by atoms with E-state index in [1.165, 1.54) is 24.4 Å². The Bertz CT molecular complexity index is 596. The van der Waals surface area contributed by atoms with Crippen molar-refractivity contribution in [3.63, 3.8) is 0 Å². The predicted octanol–water partition coefficient (Wildman–Crippen LogP) is 2.81. The molecule has 0 atom stereocenters. The number of aromatic nitrogens is 1. The topological polar surface area (TPSA) is 59.4 Å². The van der Waals surface area contributed by atoms with Crippen LogP contribution >= 0.6 is 0 Å². The first-order valence-electron chi connectivity index (χ1n) is 5.63. The number of hydrogen-bond acceptors (Lipinski definition) is 3. The second-order valence-electron chi connectivity index (χ2n) is 4.06. The number of pyridine rings is 1. The van der Waals surface area contributed by atoms with E-state index < -0.39 is 5.97 Å². The molecule has 98 valence electrons. The molecule has 1 aromatic carbocycles. The highest BCUT2D eigenvalue weighted by Crippen LogP contribution is 2.18. The van der Waals surface area contributed by atoms with Gasteiger partial charge in [0.25, 0.3) is 0 Å². The SMILES string of the molecule is Cc1cc(C(=O)O)ncc1OCc1ccc(F)cc1. The molecule has 0 saturated heterocycles. The van der Waals surface area contributed by atoms with Gasteiger partial charge in [-0.3, -0.25) is 0 Å². The molecule has 0 aliphatic rings. The van der Waals surface area contributed by atoms with Crippen LogP contribution in [0.1, 0.15) is 21.6 Å². The molecule has 1 N–H and O–H groups in total. The first-order valence-corrected chi connectivity index (χ1v) is 5.63. The van der Waals surface area contributed by atoms with Crippen molar-refractivity contribution >= 4 is 5.97 Å². The Kier molecular flexibility index (Phi) is 3.75. The molecule has 1 aromatic heterocycles. The minimum atomic E-state index is -1.08. The number of rotatable bonds is 4. The van der Waals surface area contributed by atoms with Crippen LogP contribution in [0.15, 0.2) is 36.5 Å². The Morgan fingerprint density at radius 1 is 1.37 bits per heavy atom. The van der Waals surface area contributed by atoms with Crippen LogP contribution in [0.5, 0.6) is 5.75 Å². The minimum absolute atomic E-state index is 0.0216. The van der Waals surface area contributed by atoms with E-state index in [-0.39, 0.29) is 18.1 Å². The van der Waals surface area contributed by atoms with Crippen LogP contribution in [0.3, 0.4) is 0 Å². The zero-order valence-electron chi connectivity index (χ0n) is 10.3. The summed E-state index contributed by atoms with van der Waals surface area (Å²) in [6.45, 7) is 2.02. The smallest absolute Gasteiger partial charge is 0.354 e. The van der Waals surface area contributed by atoms with Crippen LogP contribution in [0.2, 0.25) is 0 Å². The summed E-state index contributed by atoms with van der Waals surface area (Å²) < 4.78 is 18.2. The second-order valence-corrected chi connectivity index (χ2v) is 4.06. The standard InChI is InChI=1S/C14H12FNO3/c1-9-6-12(14(17)18)16-7-13(9)19-8-10-2-4-11(15)5-3-10/h2-7H,8H2,1H3,(H,17,18). The summed E-state index contributed by atoms with van der Waals surface area (Å²) in [7, 11) is 0. The highest BCUT2D eigenvalue weighted by molar-refractivity contribution is 5.85. The average Bonchev–Trinajstić information content (AvgIpc) is 2.39. The van der Waals surface area contributed by atoms with Gasteiger partial charge < -0.3 is 9.84 Å². The fourth-order valence-corrected chi connectivity index (χ4v) is 1.55. The molecule has 0 unspecified atom stereocenters. The van der Waals surface area contributed by atoms with Gasteiger partial charge in [-0.2, -0.15) is 0 Å². The van der Waals surface area contributed by atoms with Crippen molar-refractivity contribution in [3.05, 3.63) is 59.2 Å². The lowest BCUT2D eigenvalue weighted by atomic mass is 10.2. The number of benzene rings is 1. The van der Waals surface area contributed by atoms with Gasteiger partial charge in [0.2, 0.25) is 0 Å². The van der Waals surface area contributed by atoms with Crippen molar-refractivity contribution < 1.29 is 19.0 Å². The number of carbonyl (C=O) groups is 1. The third-order valence-electron chi connectivity index (χ3n) is 2.59. The summed E-state index contributed by atoms with van der Waals surface area (Å²) in [6.07, 6.45) is 1.38. The molecule has 0 saturated carbocycles. The monoisotopic (exact) mass is 261 g/mol. The normalized spacial score (nSPS) is 10.2. The highest BCUT2D eigenvalue weighted by Gasteiger charge is 2.08. The Balaban J connectivity index is 2.07.